The summed E-state index contributed by atoms with van der Waals surface area (Å²) in [5, 5.41) is 27.2. The van der Waals surface area contributed by atoms with Crippen molar-refractivity contribution in [2.24, 2.45) is 5.73 Å². The molecule has 0 spiro atoms. The fourth-order valence-electron chi connectivity index (χ4n) is 3.29. The van der Waals surface area contributed by atoms with Crippen LogP contribution in [0.1, 0.15) is 37.7 Å². The number of nitrogens with two attached hydrogens (primary N) is 1. The third kappa shape index (κ3) is 6.25. The van der Waals surface area contributed by atoms with Gasteiger partial charge >= 0.3 is 13.1 Å². The van der Waals surface area contributed by atoms with Crippen LogP contribution in [0.3, 0.4) is 0 Å². The van der Waals surface area contributed by atoms with Gasteiger partial charge < -0.3 is 20.9 Å². The molecule has 1 aliphatic rings. The van der Waals surface area contributed by atoms with Crippen LogP contribution in [-0.4, -0.2) is 58.3 Å². The van der Waals surface area contributed by atoms with Gasteiger partial charge in [0.1, 0.15) is 5.54 Å². The number of carboxylic acids is 1. The maximum atomic E-state index is 11.6. The number of rotatable bonds is 10. The first-order valence-electron chi connectivity index (χ1n) is 9.26. The molecule has 1 heterocycles. The molecule has 0 saturated heterocycles. The highest BCUT2D eigenvalue weighted by molar-refractivity contribution is 6.40. The van der Waals surface area contributed by atoms with Crippen molar-refractivity contribution in [2.75, 3.05) is 19.6 Å². The highest BCUT2D eigenvalue weighted by atomic mass is 16.4. The van der Waals surface area contributed by atoms with E-state index in [1.807, 2.05) is 18.2 Å². The van der Waals surface area contributed by atoms with Crippen molar-refractivity contribution in [1.29, 1.82) is 0 Å². The number of nitrogens with zero attached hydrogens (tertiary/aromatic N) is 1. The van der Waals surface area contributed by atoms with Crippen LogP contribution in [0.15, 0.2) is 36.4 Å². The summed E-state index contributed by atoms with van der Waals surface area (Å²) in [6.07, 6.45) is 5.25. The van der Waals surface area contributed by atoms with E-state index in [2.05, 4.69) is 23.1 Å². The van der Waals surface area contributed by atoms with E-state index < -0.39 is 18.6 Å². The van der Waals surface area contributed by atoms with E-state index in [1.165, 1.54) is 11.1 Å². The summed E-state index contributed by atoms with van der Waals surface area (Å²) in [7, 11) is -1.34. The van der Waals surface area contributed by atoms with Gasteiger partial charge in [-0.1, -0.05) is 49.2 Å². The minimum atomic E-state index is -1.34. The smallest absolute Gasteiger partial charge is 0.451 e. The summed E-state index contributed by atoms with van der Waals surface area (Å²) >= 11 is 0. The minimum absolute atomic E-state index is 0.245. The molecule has 0 saturated carbocycles. The van der Waals surface area contributed by atoms with Gasteiger partial charge in [-0.25, -0.2) is 0 Å². The second kappa shape index (κ2) is 9.87. The Balaban J connectivity index is 1.82. The molecule has 7 heteroatoms. The van der Waals surface area contributed by atoms with Crippen molar-refractivity contribution in [2.45, 2.75) is 44.0 Å². The SMILES string of the molecule is NC(CCCCB(O)O)(CCN1CC=C(c2ccccc2)CC1)C(=O)O. The molecule has 1 aromatic rings. The molecule has 0 aliphatic carbocycles. The van der Waals surface area contributed by atoms with E-state index in [1.54, 1.807) is 0 Å². The highest BCUT2D eigenvalue weighted by Gasteiger charge is 2.33. The van der Waals surface area contributed by atoms with E-state index in [4.69, 9.17) is 15.8 Å². The summed E-state index contributed by atoms with van der Waals surface area (Å²) in [5.41, 5.74) is 7.45. The Hall–Kier alpha value is -1.67. The van der Waals surface area contributed by atoms with Gasteiger partial charge in [-0.05, 0) is 36.7 Å². The normalized spacial score (nSPS) is 17.4. The lowest BCUT2D eigenvalue weighted by atomic mass is 9.81. The lowest BCUT2D eigenvalue weighted by Gasteiger charge is -2.31. The molecule has 1 unspecified atom stereocenters. The van der Waals surface area contributed by atoms with Gasteiger partial charge in [0.2, 0.25) is 0 Å². The number of benzene rings is 1. The zero-order chi connectivity index (χ0) is 19.0. The van der Waals surface area contributed by atoms with Crippen molar-refractivity contribution in [1.82, 2.24) is 4.90 Å². The Kier molecular flexibility index (Phi) is 7.84. The lowest BCUT2D eigenvalue weighted by molar-refractivity contribution is -0.144. The monoisotopic (exact) mass is 360 g/mol. The quantitative estimate of drug-likeness (QED) is 0.373. The van der Waals surface area contributed by atoms with Gasteiger partial charge in [0.25, 0.3) is 0 Å². The number of hydrogen-bond acceptors (Lipinski definition) is 5. The molecule has 0 bridgehead atoms. The lowest BCUT2D eigenvalue weighted by Crippen LogP contribution is -2.50. The van der Waals surface area contributed by atoms with Crippen LogP contribution in [-0.2, 0) is 4.79 Å². The van der Waals surface area contributed by atoms with E-state index in [0.717, 1.165) is 19.5 Å². The van der Waals surface area contributed by atoms with Gasteiger partial charge in [-0.15, -0.1) is 0 Å². The van der Waals surface area contributed by atoms with Crippen LogP contribution in [0.25, 0.3) is 5.57 Å². The fourth-order valence-corrected chi connectivity index (χ4v) is 3.29. The molecule has 0 fully saturated rings. The first-order chi connectivity index (χ1) is 12.4. The maximum absolute atomic E-state index is 11.6. The predicted octanol–water partition coefficient (Wildman–Crippen LogP) is 1.59. The Morgan fingerprint density at radius 2 is 1.92 bits per heavy atom. The van der Waals surface area contributed by atoms with Gasteiger partial charge in [0, 0.05) is 19.6 Å². The van der Waals surface area contributed by atoms with Crippen molar-refractivity contribution in [3.05, 3.63) is 42.0 Å². The van der Waals surface area contributed by atoms with Crippen LogP contribution in [0.4, 0.5) is 0 Å². The van der Waals surface area contributed by atoms with Gasteiger partial charge in [-0.3, -0.25) is 9.69 Å². The summed E-state index contributed by atoms with van der Waals surface area (Å²) in [6.45, 7) is 2.34. The van der Waals surface area contributed by atoms with Crippen LogP contribution in [0, 0.1) is 0 Å². The number of aliphatic carboxylic acids is 1. The van der Waals surface area contributed by atoms with Crippen LogP contribution in [0.5, 0.6) is 0 Å². The number of carbonyl (C=O) groups is 1. The van der Waals surface area contributed by atoms with E-state index in [9.17, 15) is 9.90 Å². The number of hydrogen-bond donors (Lipinski definition) is 4. The Labute approximate surface area is 155 Å². The average Bonchev–Trinajstić information content (AvgIpc) is 2.64. The first-order valence-corrected chi connectivity index (χ1v) is 9.26. The van der Waals surface area contributed by atoms with E-state index in [-0.39, 0.29) is 6.32 Å². The second-order valence-corrected chi connectivity index (χ2v) is 7.08. The molecule has 1 aliphatic heterocycles. The molecule has 26 heavy (non-hydrogen) atoms. The molecule has 0 radical (unpaired) electrons. The van der Waals surface area contributed by atoms with Crippen LogP contribution >= 0.6 is 0 Å². The molecule has 1 aromatic carbocycles. The van der Waals surface area contributed by atoms with Gasteiger partial charge in [0.05, 0.1) is 0 Å². The average molecular weight is 360 g/mol. The molecule has 0 amide bonds. The molecule has 0 aromatic heterocycles. The molecular formula is C19H29BN2O4. The summed E-state index contributed by atoms with van der Waals surface area (Å²) in [4.78, 5) is 13.8. The summed E-state index contributed by atoms with van der Waals surface area (Å²) in [5.74, 6) is -0.987. The van der Waals surface area contributed by atoms with Crippen molar-refractivity contribution >= 4 is 18.7 Å². The first kappa shape index (κ1) is 20.6. The Bertz CT molecular complexity index is 609. The Morgan fingerprint density at radius 1 is 1.19 bits per heavy atom. The maximum Gasteiger partial charge on any atom is 0.451 e. The third-order valence-electron chi connectivity index (χ3n) is 5.07. The minimum Gasteiger partial charge on any atom is -0.480 e. The topological polar surface area (TPSA) is 107 Å². The van der Waals surface area contributed by atoms with Crippen molar-refractivity contribution in [3.8, 4) is 0 Å². The number of carboxylic acid groups (broad SMARTS) is 1. The van der Waals surface area contributed by atoms with Gasteiger partial charge in [-0.2, -0.15) is 0 Å². The zero-order valence-corrected chi connectivity index (χ0v) is 15.2. The zero-order valence-electron chi connectivity index (χ0n) is 15.2. The molecule has 6 nitrogen and oxygen atoms in total. The molecule has 1 atom stereocenters. The number of unbranched alkanes of at least 4 members (excludes halogenated alkanes) is 1. The van der Waals surface area contributed by atoms with Gasteiger partial charge in [0.15, 0.2) is 0 Å². The molecule has 142 valence electrons. The van der Waals surface area contributed by atoms with E-state index in [0.29, 0.717) is 32.2 Å². The largest absolute Gasteiger partial charge is 0.480 e. The fraction of sp³-hybridized carbons (Fsp3) is 0.526. The van der Waals surface area contributed by atoms with Crippen molar-refractivity contribution < 1.29 is 19.9 Å². The summed E-state index contributed by atoms with van der Waals surface area (Å²) < 4.78 is 0. The van der Waals surface area contributed by atoms with Crippen molar-refractivity contribution in [3.63, 3.8) is 0 Å². The van der Waals surface area contributed by atoms with E-state index >= 15 is 0 Å². The molecule has 2 rings (SSSR count). The standard InChI is InChI=1S/C19H29BN2O4/c21-19(18(23)24,10-4-5-12-20(25)26)11-15-22-13-8-17(9-14-22)16-6-2-1-3-7-16/h1-3,6-8,25-26H,4-5,9-15,21H2,(H,23,24). The predicted molar refractivity (Wildman–Crippen MR) is 103 cm³/mol. The third-order valence-corrected chi connectivity index (χ3v) is 5.07. The Morgan fingerprint density at radius 3 is 2.50 bits per heavy atom. The van der Waals surface area contributed by atoms with Crippen LogP contribution in [0.2, 0.25) is 6.32 Å². The highest BCUT2D eigenvalue weighted by Crippen LogP contribution is 2.23. The second-order valence-electron chi connectivity index (χ2n) is 7.08. The summed E-state index contributed by atoms with van der Waals surface area (Å²) in [6, 6.07) is 10.3. The molecular weight excluding hydrogens is 331 g/mol. The molecule has 5 N–H and O–H groups in total. The van der Waals surface area contributed by atoms with Crippen LogP contribution < -0.4 is 5.73 Å².